The van der Waals surface area contributed by atoms with Crippen LogP contribution in [0.15, 0.2) is 60.9 Å². The molecule has 0 aliphatic rings. The molecule has 0 amide bonds. The quantitative estimate of drug-likeness (QED) is 0.575. The number of aromatic nitrogens is 2. The third kappa shape index (κ3) is 2.07. The van der Waals surface area contributed by atoms with Crippen molar-refractivity contribution >= 4 is 27.5 Å². The average molecular weight is 275 g/mol. The number of H-pyrrole nitrogens is 1. The fourth-order valence-electron chi connectivity index (χ4n) is 2.93. The summed E-state index contributed by atoms with van der Waals surface area (Å²) in [5.74, 6) is 0. The number of benzene rings is 2. The van der Waals surface area contributed by atoms with Gasteiger partial charge in [-0.05, 0) is 35.9 Å². The molecular formula is C18H17N3. The van der Waals surface area contributed by atoms with Crippen LogP contribution in [0.5, 0.6) is 0 Å². The van der Waals surface area contributed by atoms with Crippen molar-refractivity contribution in [2.45, 2.75) is 6.54 Å². The number of nitrogens with zero attached hydrogens (tertiary/aromatic N) is 1. The predicted molar refractivity (Wildman–Crippen MR) is 88.5 cm³/mol. The first kappa shape index (κ1) is 12.1. The van der Waals surface area contributed by atoms with Crippen molar-refractivity contribution in [3.8, 4) is 0 Å². The summed E-state index contributed by atoms with van der Waals surface area (Å²) in [6.07, 6.45) is 4.17. The molecule has 2 aromatic heterocycles. The van der Waals surface area contributed by atoms with E-state index in [0.717, 1.165) is 12.2 Å². The summed E-state index contributed by atoms with van der Waals surface area (Å²) >= 11 is 0. The van der Waals surface area contributed by atoms with E-state index in [1.807, 2.05) is 6.20 Å². The normalized spacial score (nSPS) is 11.3. The third-order valence-electron chi connectivity index (χ3n) is 4.02. The standard InChI is InChI=1S/C18H17N3/c1-21-12-14(16-4-2-3-5-18(16)21)11-20-15-6-7-17-13(10-15)8-9-19-17/h2-10,12,19-20H,11H2,1H3. The maximum Gasteiger partial charge on any atom is 0.0481 e. The lowest BCUT2D eigenvalue weighted by atomic mass is 10.1. The topological polar surface area (TPSA) is 32.8 Å². The first-order chi connectivity index (χ1) is 10.3. The average Bonchev–Trinajstić information content (AvgIpc) is 3.10. The highest BCUT2D eigenvalue weighted by Crippen LogP contribution is 2.22. The Kier molecular flexibility index (Phi) is 2.71. The minimum absolute atomic E-state index is 0.831. The molecule has 104 valence electrons. The molecule has 0 spiro atoms. The van der Waals surface area contributed by atoms with Crippen molar-refractivity contribution in [3.63, 3.8) is 0 Å². The fraction of sp³-hybridized carbons (Fsp3) is 0.111. The predicted octanol–water partition coefficient (Wildman–Crippen LogP) is 4.27. The maximum absolute atomic E-state index is 3.52. The Morgan fingerprint density at radius 2 is 2.00 bits per heavy atom. The zero-order valence-corrected chi connectivity index (χ0v) is 11.9. The van der Waals surface area contributed by atoms with E-state index < -0.39 is 0 Å². The lowest BCUT2D eigenvalue weighted by Gasteiger charge is -2.06. The van der Waals surface area contributed by atoms with E-state index in [2.05, 4.69) is 76.6 Å². The number of aromatic amines is 1. The molecule has 0 aliphatic heterocycles. The number of anilines is 1. The number of hydrogen-bond donors (Lipinski definition) is 2. The Balaban J connectivity index is 1.63. The van der Waals surface area contributed by atoms with Gasteiger partial charge in [-0.15, -0.1) is 0 Å². The second kappa shape index (κ2) is 4.70. The van der Waals surface area contributed by atoms with Crippen LogP contribution in [0.4, 0.5) is 5.69 Å². The lowest BCUT2D eigenvalue weighted by Crippen LogP contribution is -1.98. The molecule has 2 aromatic carbocycles. The number of para-hydroxylation sites is 1. The van der Waals surface area contributed by atoms with Gasteiger partial charge in [0.15, 0.2) is 0 Å². The van der Waals surface area contributed by atoms with Gasteiger partial charge in [0.2, 0.25) is 0 Å². The summed E-state index contributed by atoms with van der Waals surface area (Å²) in [5, 5.41) is 6.07. The number of fused-ring (bicyclic) bond motifs is 2. The zero-order valence-electron chi connectivity index (χ0n) is 11.9. The molecule has 2 heterocycles. The van der Waals surface area contributed by atoms with Crippen molar-refractivity contribution in [1.82, 2.24) is 9.55 Å². The Morgan fingerprint density at radius 1 is 1.10 bits per heavy atom. The Labute approximate surface area is 123 Å². The summed E-state index contributed by atoms with van der Waals surface area (Å²) in [5.41, 5.74) is 4.92. The molecule has 4 rings (SSSR count). The highest BCUT2D eigenvalue weighted by atomic mass is 14.9. The molecule has 0 unspecified atom stereocenters. The van der Waals surface area contributed by atoms with Crippen LogP contribution in [0.2, 0.25) is 0 Å². The molecule has 3 heteroatoms. The highest BCUT2D eigenvalue weighted by Gasteiger charge is 2.05. The SMILES string of the molecule is Cn1cc(CNc2ccc3[nH]ccc3c2)c2ccccc21. The van der Waals surface area contributed by atoms with Gasteiger partial charge >= 0.3 is 0 Å². The van der Waals surface area contributed by atoms with E-state index in [4.69, 9.17) is 0 Å². The minimum Gasteiger partial charge on any atom is -0.381 e. The molecule has 0 fully saturated rings. The second-order valence-electron chi connectivity index (χ2n) is 5.42. The fourth-order valence-corrected chi connectivity index (χ4v) is 2.93. The number of nitrogens with one attached hydrogen (secondary N) is 2. The molecule has 0 saturated heterocycles. The minimum atomic E-state index is 0.831. The summed E-state index contributed by atoms with van der Waals surface area (Å²) < 4.78 is 2.18. The summed E-state index contributed by atoms with van der Waals surface area (Å²) in [6.45, 7) is 0.831. The van der Waals surface area contributed by atoms with Crippen molar-refractivity contribution in [2.24, 2.45) is 7.05 Å². The summed E-state index contributed by atoms with van der Waals surface area (Å²) in [4.78, 5) is 3.22. The van der Waals surface area contributed by atoms with E-state index in [0.29, 0.717) is 0 Å². The molecule has 2 N–H and O–H groups in total. The van der Waals surface area contributed by atoms with Gasteiger partial charge in [0, 0.05) is 53.5 Å². The van der Waals surface area contributed by atoms with Gasteiger partial charge in [0.05, 0.1) is 0 Å². The van der Waals surface area contributed by atoms with E-state index in [1.165, 1.54) is 27.4 Å². The smallest absolute Gasteiger partial charge is 0.0481 e. The van der Waals surface area contributed by atoms with Crippen LogP contribution in [0.3, 0.4) is 0 Å². The van der Waals surface area contributed by atoms with E-state index in [1.54, 1.807) is 0 Å². The Hall–Kier alpha value is -2.68. The molecule has 0 bridgehead atoms. The zero-order chi connectivity index (χ0) is 14.2. The molecular weight excluding hydrogens is 258 g/mol. The van der Waals surface area contributed by atoms with Crippen molar-refractivity contribution < 1.29 is 0 Å². The van der Waals surface area contributed by atoms with Crippen LogP contribution < -0.4 is 5.32 Å². The van der Waals surface area contributed by atoms with E-state index in [9.17, 15) is 0 Å². The van der Waals surface area contributed by atoms with Crippen molar-refractivity contribution in [1.29, 1.82) is 0 Å². The van der Waals surface area contributed by atoms with Gasteiger partial charge in [-0.3, -0.25) is 0 Å². The third-order valence-corrected chi connectivity index (χ3v) is 4.02. The van der Waals surface area contributed by atoms with Gasteiger partial charge in [0.25, 0.3) is 0 Å². The van der Waals surface area contributed by atoms with Crippen molar-refractivity contribution in [3.05, 3.63) is 66.5 Å². The molecule has 4 aromatic rings. The Bertz CT molecular complexity index is 914. The van der Waals surface area contributed by atoms with Crippen LogP contribution in [0, 0.1) is 0 Å². The van der Waals surface area contributed by atoms with Crippen LogP contribution >= 0.6 is 0 Å². The molecule has 0 aliphatic carbocycles. The molecule has 0 atom stereocenters. The van der Waals surface area contributed by atoms with Gasteiger partial charge in [0.1, 0.15) is 0 Å². The van der Waals surface area contributed by atoms with Gasteiger partial charge in [-0.25, -0.2) is 0 Å². The first-order valence-corrected chi connectivity index (χ1v) is 7.15. The highest BCUT2D eigenvalue weighted by molar-refractivity contribution is 5.85. The molecule has 3 nitrogen and oxygen atoms in total. The molecule has 21 heavy (non-hydrogen) atoms. The van der Waals surface area contributed by atoms with Crippen LogP contribution in [0.1, 0.15) is 5.56 Å². The molecule has 0 saturated carbocycles. The van der Waals surface area contributed by atoms with Gasteiger partial charge < -0.3 is 14.9 Å². The van der Waals surface area contributed by atoms with Gasteiger partial charge in [-0.2, -0.15) is 0 Å². The van der Waals surface area contributed by atoms with E-state index >= 15 is 0 Å². The van der Waals surface area contributed by atoms with Crippen LogP contribution in [-0.4, -0.2) is 9.55 Å². The van der Waals surface area contributed by atoms with Crippen LogP contribution in [-0.2, 0) is 13.6 Å². The number of aryl methyl sites for hydroxylation is 1. The maximum atomic E-state index is 3.52. The summed E-state index contributed by atoms with van der Waals surface area (Å²) in [6, 6.07) is 17.0. The van der Waals surface area contributed by atoms with Gasteiger partial charge in [-0.1, -0.05) is 18.2 Å². The molecule has 0 radical (unpaired) electrons. The first-order valence-electron chi connectivity index (χ1n) is 7.15. The largest absolute Gasteiger partial charge is 0.381 e. The number of hydrogen-bond acceptors (Lipinski definition) is 1. The van der Waals surface area contributed by atoms with Crippen LogP contribution in [0.25, 0.3) is 21.8 Å². The van der Waals surface area contributed by atoms with E-state index in [-0.39, 0.29) is 0 Å². The second-order valence-corrected chi connectivity index (χ2v) is 5.42. The number of rotatable bonds is 3. The Morgan fingerprint density at radius 3 is 2.95 bits per heavy atom. The summed E-state index contributed by atoms with van der Waals surface area (Å²) in [7, 11) is 2.09. The monoisotopic (exact) mass is 275 g/mol. The van der Waals surface area contributed by atoms with Crippen molar-refractivity contribution in [2.75, 3.05) is 5.32 Å². The lowest BCUT2D eigenvalue weighted by molar-refractivity contribution is 0.956.